The number of nitrogens with one attached hydrogen (secondary N) is 1. The molecule has 0 aliphatic heterocycles. The van der Waals surface area contributed by atoms with Gasteiger partial charge < -0.3 is 9.88 Å². The van der Waals surface area contributed by atoms with E-state index in [9.17, 15) is 13.6 Å². The molecule has 1 amide bonds. The summed E-state index contributed by atoms with van der Waals surface area (Å²) in [5.74, 6) is -1.46. The first kappa shape index (κ1) is 15.6. The maximum Gasteiger partial charge on any atom is 0.226 e. The number of hydrogen-bond donors (Lipinski definition) is 1. The summed E-state index contributed by atoms with van der Waals surface area (Å²) in [6.45, 7) is 0. The van der Waals surface area contributed by atoms with Gasteiger partial charge in [-0.15, -0.1) is 0 Å². The molecular formula is C17H19F2N3O. The third kappa shape index (κ3) is 2.98. The lowest BCUT2D eigenvalue weighted by Crippen LogP contribution is -2.45. The van der Waals surface area contributed by atoms with Gasteiger partial charge >= 0.3 is 0 Å². The van der Waals surface area contributed by atoms with Crippen LogP contribution in [0.5, 0.6) is 0 Å². The molecule has 0 saturated heterocycles. The molecule has 0 unspecified atom stereocenters. The molecule has 0 atom stereocenters. The highest BCUT2D eigenvalue weighted by Crippen LogP contribution is 2.41. The molecule has 0 spiro atoms. The van der Waals surface area contributed by atoms with Crippen LogP contribution < -0.4 is 5.32 Å². The van der Waals surface area contributed by atoms with Gasteiger partial charge in [-0.2, -0.15) is 0 Å². The molecule has 122 valence electrons. The quantitative estimate of drug-likeness (QED) is 0.942. The maximum absolute atomic E-state index is 14.2. The number of aryl methyl sites for hydroxylation is 1. The molecule has 1 fully saturated rings. The minimum Gasteiger partial charge on any atom is -0.346 e. The van der Waals surface area contributed by atoms with Crippen LogP contribution in [0.15, 0.2) is 30.7 Å². The largest absolute Gasteiger partial charge is 0.346 e. The number of hydrogen-bond acceptors (Lipinski definition) is 2. The molecule has 1 heterocycles. The van der Waals surface area contributed by atoms with Gasteiger partial charge in [0, 0.05) is 24.5 Å². The average molecular weight is 319 g/mol. The summed E-state index contributed by atoms with van der Waals surface area (Å²) in [6.07, 6.45) is 6.12. The lowest BCUT2D eigenvalue weighted by Gasteiger charge is -2.31. The first-order valence-corrected chi connectivity index (χ1v) is 7.72. The zero-order valence-corrected chi connectivity index (χ0v) is 13.0. The van der Waals surface area contributed by atoms with Crippen molar-refractivity contribution < 1.29 is 13.6 Å². The first-order chi connectivity index (χ1) is 11.0. The normalized spacial score (nSPS) is 16.5. The van der Waals surface area contributed by atoms with E-state index in [0.29, 0.717) is 12.8 Å². The Bertz CT molecular complexity index is 700. The Morgan fingerprint density at radius 2 is 1.96 bits per heavy atom. The van der Waals surface area contributed by atoms with Crippen LogP contribution >= 0.6 is 0 Å². The summed E-state index contributed by atoms with van der Waals surface area (Å²) in [6, 6.07) is 3.83. The zero-order valence-electron chi connectivity index (χ0n) is 13.0. The van der Waals surface area contributed by atoms with Crippen molar-refractivity contribution in [3.05, 3.63) is 53.6 Å². The van der Waals surface area contributed by atoms with Gasteiger partial charge in [0.25, 0.3) is 0 Å². The summed E-state index contributed by atoms with van der Waals surface area (Å²) < 4.78 is 30.2. The number of aromatic nitrogens is 2. The Morgan fingerprint density at radius 3 is 2.52 bits per heavy atom. The number of rotatable bonds is 4. The lowest BCUT2D eigenvalue weighted by atomic mass is 9.87. The van der Waals surface area contributed by atoms with Crippen LogP contribution in [0.2, 0.25) is 0 Å². The van der Waals surface area contributed by atoms with Gasteiger partial charge in [-0.1, -0.05) is 18.9 Å². The number of amides is 1. The van der Waals surface area contributed by atoms with Gasteiger partial charge in [-0.05, 0) is 25.0 Å². The number of carbonyl (C=O) groups excluding carboxylic acids is 1. The Balaban J connectivity index is 1.87. The van der Waals surface area contributed by atoms with E-state index in [1.54, 1.807) is 24.1 Å². The van der Waals surface area contributed by atoms with E-state index in [1.165, 1.54) is 18.2 Å². The third-order valence-corrected chi connectivity index (χ3v) is 4.54. The molecule has 0 bridgehead atoms. The standard InChI is InChI=1S/C17H19F2N3O/c1-22-11-20-10-12(22)9-15(23)21-17(7-2-3-8-17)16-13(18)5-4-6-14(16)19/h4-6,10-11H,2-3,7-9H2,1H3,(H,21,23). The van der Waals surface area contributed by atoms with Gasteiger partial charge in [0.2, 0.25) is 5.91 Å². The topological polar surface area (TPSA) is 46.9 Å². The SMILES string of the molecule is Cn1cncc1CC(=O)NC1(c2c(F)cccc2F)CCCC1. The number of benzene rings is 1. The number of nitrogens with zero attached hydrogens (tertiary/aromatic N) is 2. The van der Waals surface area contributed by atoms with Gasteiger partial charge in [-0.25, -0.2) is 13.8 Å². The van der Waals surface area contributed by atoms with Crippen molar-refractivity contribution in [3.8, 4) is 0 Å². The fourth-order valence-corrected chi connectivity index (χ4v) is 3.40. The first-order valence-electron chi connectivity index (χ1n) is 7.72. The lowest BCUT2D eigenvalue weighted by molar-refractivity contribution is -0.122. The predicted molar refractivity (Wildman–Crippen MR) is 81.6 cm³/mol. The van der Waals surface area contributed by atoms with Crippen molar-refractivity contribution in [2.75, 3.05) is 0 Å². The van der Waals surface area contributed by atoms with Crippen LogP contribution in [-0.4, -0.2) is 15.5 Å². The summed E-state index contributed by atoms with van der Waals surface area (Å²) in [5, 5.41) is 2.90. The summed E-state index contributed by atoms with van der Waals surface area (Å²) in [7, 11) is 1.80. The predicted octanol–water partition coefficient (Wildman–Crippen LogP) is 2.83. The number of carbonyl (C=O) groups is 1. The molecule has 1 aromatic heterocycles. The van der Waals surface area contributed by atoms with Crippen LogP contribution in [0.3, 0.4) is 0 Å². The van der Waals surface area contributed by atoms with Crippen LogP contribution in [0.4, 0.5) is 8.78 Å². The van der Waals surface area contributed by atoms with E-state index < -0.39 is 17.2 Å². The molecule has 6 heteroatoms. The molecule has 4 nitrogen and oxygen atoms in total. The maximum atomic E-state index is 14.2. The molecule has 0 radical (unpaired) electrons. The van der Waals surface area contributed by atoms with E-state index in [0.717, 1.165) is 18.5 Å². The third-order valence-electron chi connectivity index (χ3n) is 4.54. The van der Waals surface area contributed by atoms with Gasteiger partial charge in [-0.3, -0.25) is 4.79 Å². The van der Waals surface area contributed by atoms with E-state index in [-0.39, 0.29) is 17.9 Å². The highest BCUT2D eigenvalue weighted by atomic mass is 19.1. The second kappa shape index (κ2) is 6.10. The molecule has 2 aromatic rings. The fourth-order valence-electron chi connectivity index (χ4n) is 3.40. The van der Waals surface area contributed by atoms with Crippen LogP contribution in [0.25, 0.3) is 0 Å². The summed E-state index contributed by atoms with van der Waals surface area (Å²) in [5.41, 5.74) is -0.217. The summed E-state index contributed by atoms with van der Waals surface area (Å²) in [4.78, 5) is 16.4. The minimum atomic E-state index is -0.953. The van der Waals surface area contributed by atoms with E-state index in [4.69, 9.17) is 0 Å². The second-order valence-electron chi connectivity index (χ2n) is 6.11. The second-order valence-corrected chi connectivity index (χ2v) is 6.11. The van der Waals surface area contributed by atoms with E-state index in [1.807, 2.05) is 0 Å². The monoisotopic (exact) mass is 319 g/mol. The number of imidazole rings is 1. The summed E-state index contributed by atoms with van der Waals surface area (Å²) >= 11 is 0. The zero-order chi connectivity index (χ0) is 16.4. The van der Waals surface area contributed by atoms with Gasteiger partial charge in [0.15, 0.2) is 0 Å². The Labute approximate surface area is 133 Å². The van der Waals surface area contributed by atoms with Crippen LogP contribution in [0, 0.1) is 11.6 Å². The Kier molecular flexibility index (Phi) is 4.15. The fraction of sp³-hybridized carbons (Fsp3) is 0.412. The smallest absolute Gasteiger partial charge is 0.226 e. The molecule has 1 aliphatic carbocycles. The van der Waals surface area contributed by atoms with Crippen molar-refractivity contribution in [3.63, 3.8) is 0 Å². The van der Waals surface area contributed by atoms with Crippen molar-refractivity contribution in [2.45, 2.75) is 37.6 Å². The van der Waals surface area contributed by atoms with Crippen molar-refractivity contribution in [1.29, 1.82) is 0 Å². The van der Waals surface area contributed by atoms with Crippen LogP contribution in [0.1, 0.15) is 36.9 Å². The van der Waals surface area contributed by atoms with Gasteiger partial charge in [0.05, 0.1) is 18.3 Å². The highest BCUT2D eigenvalue weighted by Gasteiger charge is 2.41. The van der Waals surface area contributed by atoms with Crippen LogP contribution in [-0.2, 0) is 23.8 Å². The van der Waals surface area contributed by atoms with Crippen molar-refractivity contribution >= 4 is 5.91 Å². The molecule has 1 N–H and O–H groups in total. The number of halogens is 2. The van der Waals surface area contributed by atoms with Crippen molar-refractivity contribution in [2.24, 2.45) is 7.05 Å². The van der Waals surface area contributed by atoms with Gasteiger partial charge in [0.1, 0.15) is 11.6 Å². The molecule has 23 heavy (non-hydrogen) atoms. The molecule has 1 aromatic carbocycles. The molecular weight excluding hydrogens is 300 g/mol. The Hall–Kier alpha value is -2.24. The molecule has 1 aliphatic rings. The van der Waals surface area contributed by atoms with E-state index in [2.05, 4.69) is 10.3 Å². The van der Waals surface area contributed by atoms with Crippen molar-refractivity contribution in [1.82, 2.24) is 14.9 Å². The molecule has 1 saturated carbocycles. The minimum absolute atomic E-state index is 0.0177. The average Bonchev–Trinajstić information content (AvgIpc) is 3.09. The Morgan fingerprint density at radius 1 is 1.30 bits per heavy atom. The highest BCUT2D eigenvalue weighted by molar-refractivity contribution is 5.79. The van der Waals surface area contributed by atoms with E-state index >= 15 is 0 Å². The molecule has 3 rings (SSSR count).